The molecule has 1 fully saturated rings. The van der Waals surface area contributed by atoms with Crippen molar-refractivity contribution < 1.29 is 18.7 Å². The predicted molar refractivity (Wildman–Crippen MR) is 35.6 cm³/mol. The predicted octanol–water partition coefficient (Wildman–Crippen LogP) is 1.02. The van der Waals surface area contributed by atoms with Crippen LogP contribution in [0.3, 0.4) is 0 Å². The number of esters is 1. The lowest BCUT2D eigenvalue weighted by Gasteiger charge is -2.11. The zero-order valence-electron chi connectivity index (χ0n) is 6.54. The second kappa shape index (κ2) is 3.17. The van der Waals surface area contributed by atoms with E-state index in [1.807, 2.05) is 0 Å². The lowest BCUT2D eigenvalue weighted by Crippen LogP contribution is -2.23. The quantitative estimate of drug-likeness (QED) is 0.540. The van der Waals surface area contributed by atoms with Crippen LogP contribution in [-0.2, 0) is 14.3 Å². The molecule has 1 unspecified atom stereocenters. The Morgan fingerprint density at radius 2 is 2.36 bits per heavy atom. The summed E-state index contributed by atoms with van der Waals surface area (Å²) in [5.41, 5.74) is 0. The molecule has 0 N–H and O–H groups in total. The highest BCUT2D eigenvalue weighted by atomic mass is 19.1. The molecule has 3 atom stereocenters. The lowest BCUT2D eigenvalue weighted by atomic mass is 10.2. The van der Waals surface area contributed by atoms with Crippen LogP contribution >= 0.6 is 0 Å². The van der Waals surface area contributed by atoms with Gasteiger partial charge in [0.1, 0.15) is 0 Å². The summed E-state index contributed by atoms with van der Waals surface area (Å²) in [5.74, 6) is -0.508. The Morgan fingerprint density at radius 3 is 2.73 bits per heavy atom. The highest BCUT2D eigenvalue weighted by Gasteiger charge is 2.35. The van der Waals surface area contributed by atoms with Gasteiger partial charge < -0.3 is 9.47 Å². The third-order valence-corrected chi connectivity index (χ3v) is 1.50. The van der Waals surface area contributed by atoms with Crippen molar-refractivity contribution in [1.29, 1.82) is 0 Å². The Morgan fingerprint density at radius 1 is 1.73 bits per heavy atom. The van der Waals surface area contributed by atoms with Gasteiger partial charge in [-0.25, -0.2) is 4.39 Å². The van der Waals surface area contributed by atoms with Gasteiger partial charge in [-0.05, 0) is 6.92 Å². The second-order valence-corrected chi connectivity index (χ2v) is 2.68. The summed E-state index contributed by atoms with van der Waals surface area (Å²) in [6.45, 7) is 2.98. The zero-order valence-corrected chi connectivity index (χ0v) is 6.54. The van der Waals surface area contributed by atoms with E-state index in [1.165, 1.54) is 6.92 Å². The molecule has 0 aromatic heterocycles. The number of hydrogen-bond acceptors (Lipinski definition) is 3. The average Bonchev–Trinajstić information content (AvgIpc) is 2.09. The molecular formula is C7H11FO3. The van der Waals surface area contributed by atoms with E-state index in [-0.39, 0.29) is 6.10 Å². The van der Waals surface area contributed by atoms with Crippen molar-refractivity contribution in [2.24, 2.45) is 0 Å². The average molecular weight is 162 g/mol. The molecule has 4 heteroatoms. The van der Waals surface area contributed by atoms with Crippen LogP contribution in [0.4, 0.5) is 4.39 Å². The first-order chi connectivity index (χ1) is 5.09. The Balaban J connectivity index is 2.40. The van der Waals surface area contributed by atoms with E-state index in [2.05, 4.69) is 4.74 Å². The van der Waals surface area contributed by atoms with E-state index in [0.29, 0.717) is 6.42 Å². The van der Waals surface area contributed by atoms with Gasteiger partial charge in [0, 0.05) is 13.3 Å². The molecule has 0 aromatic carbocycles. The van der Waals surface area contributed by atoms with E-state index < -0.39 is 18.4 Å². The van der Waals surface area contributed by atoms with Crippen LogP contribution in [0.25, 0.3) is 0 Å². The van der Waals surface area contributed by atoms with Gasteiger partial charge in [-0.3, -0.25) is 4.79 Å². The summed E-state index contributed by atoms with van der Waals surface area (Å²) in [5, 5.41) is 0. The minimum Gasteiger partial charge on any atom is -0.433 e. The molecule has 1 saturated heterocycles. The molecule has 0 radical (unpaired) electrons. The summed E-state index contributed by atoms with van der Waals surface area (Å²) >= 11 is 0. The van der Waals surface area contributed by atoms with E-state index >= 15 is 0 Å². The number of rotatable bonds is 1. The smallest absolute Gasteiger partial charge is 0.305 e. The number of carbonyl (C=O) groups is 1. The Bertz CT molecular complexity index is 160. The third kappa shape index (κ3) is 2.15. The first kappa shape index (κ1) is 8.46. The lowest BCUT2D eigenvalue weighted by molar-refractivity contribution is -0.179. The fourth-order valence-corrected chi connectivity index (χ4v) is 1.06. The highest BCUT2D eigenvalue weighted by molar-refractivity contribution is 5.66. The summed E-state index contributed by atoms with van der Waals surface area (Å²) in [6.07, 6.45) is -2.01. The van der Waals surface area contributed by atoms with Crippen molar-refractivity contribution >= 4 is 5.97 Å². The molecule has 1 rings (SSSR count). The Kier molecular flexibility index (Phi) is 2.44. The van der Waals surface area contributed by atoms with Crippen molar-refractivity contribution in [2.75, 3.05) is 0 Å². The maximum absolute atomic E-state index is 12.8. The minimum absolute atomic E-state index is 0.158. The number of hydrogen-bond donors (Lipinski definition) is 0. The van der Waals surface area contributed by atoms with Crippen LogP contribution in [0.15, 0.2) is 0 Å². The monoisotopic (exact) mass is 162 g/mol. The van der Waals surface area contributed by atoms with Crippen LogP contribution in [0, 0.1) is 0 Å². The first-order valence-electron chi connectivity index (χ1n) is 3.56. The molecule has 1 aliphatic heterocycles. The standard InChI is InChI=1S/C7H11FO3/c1-4-3-6(8)7(10-4)11-5(2)9/h4,6-7H,3H2,1-2H3/t4-,6?,7+/m0/s1. The number of halogens is 1. The maximum Gasteiger partial charge on any atom is 0.305 e. The molecule has 0 aromatic rings. The maximum atomic E-state index is 12.8. The normalized spacial score (nSPS) is 37.2. The van der Waals surface area contributed by atoms with E-state index in [1.54, 1.807) is 6.92 Å². The number of alkyl halides is 1. The fourth-order valence-electron chi connectivity index (χ4n) is 1.06. The molecule has 0 saturated carbocycles. The third-order valence-electron chi connectivity index (χ3n) is 1.50. The summed E-state index contributed by atoms with van der Waals surface area (Å²) in [7, 11) is 0. The van der Waals surface area contributed by atoms with Crippen molar-refractivity contribution in [3.63, 3.8) is 0 Å². The van der Waals surface area contributed by atoms with Crippen LogP contribution in [0.5, 0.6) is 0 Å². The van der Waals surface area contributed by atoms with Crippen LogP contribution < -0.4 is 0 Å². The minimum atomic E-state index is -1.17. The molecule has 0 spiro atoms. The van der Waals surface area contributed by atoms with Gasteiger partial charge in [0.25, 0.3) is 0 Å². The summed E-state index contributed by atoms with van der Waals surface area (Å²) < 4.78 is 22.3. The molecule has 0 bridgehead atoms. The van der Waals surface area contributed by atoms with Crippen molar-refractivity contribution in [3.05, 3.63) is 0 Å². The van der Waals surface area contributed by atoms with Gasteiger partial charge in [0.2, 0.25) is 6.29 Å². The van der Waals surface area contributed by atoms with E-state index in [9.17, 15) is 9.18 Å². The van der Waals surface area contributed by atoms with Gasteiger partial charge in [-0.15, -0.1) is 0 Å². The fraction of sp³-hybridized carbons (Fsp3) is 0.857. The molecule has 11 heavy (non-hydrogen) atoms. The molecule has 1 aliphatic rings. The molecule has 0 aliphatic carbocycles. The van der Waals surface area contributed by atoms with Crippen molar-refractivity contribution in [2.45, 2.75) is 38.8 Å². The SMILES string of the molecule is CC(=O)O[C@H]1O[C@@H](C)CC1F. The van der Waals surface area contributed by atoms with Gasteiger partial charge in [-0.1, -0.05) is 0 Å². The largest absolute Gasteiger partial charge is 0.433 e. The van der Waals surface area contributed by atoms with Crippen molar-refractivity contribution in [1.82, 2.24) is 0 Å². The summed E-state index contributed by atoms with van der Waals surface area (Å²) in [6, 6.07) is 0. The van der Waals surface area contributed by atoms with E-state index in [0.717, 1.165) is 0 Å². The van der Waals surface area contributed by atoms with Crippen molar-refractivity contribution in [3.8, 4) is 0 Å². The van der Waals surface area contributed by atoms with E-state index in [4.69, 9.17) is 4.74 Å². The van der Waals surface area contributed by atoms with Crippen LogP contribution in [0.1, 0.15) is 20.3 Å². The van der Waals surface area contributed by atoms with Gasteiger partial charge in [0.15, 0.2) is 6.17 Å². The Labute approximate surface area is 64.5 Å². The van der Waals surface area contributed by atoms with Crippen LogP contribution in [-0.4, -0.2) is 24.5 Å². The van der Waals surface area contributed by atoms with Gasteiger partial charge in [-0.2, -0.15) is 0 Å². The van der Waals surface area contributed by atoms with Crippen LogP contribution in [0.2, 0.25) is 0 Å². The highest BCUT2D eigenvalue weighted by Crippen LogP contribution is 2.23. The number of carbonyl (C=O) groups excluding carboxylic acids is 1. The summed E-state index contributed by atoms with van der Waals surface area (Å²) in [4.78, 5) is 10.4. The first-order valence-corrected chi connectivity index (χ1v) is 3.56. The second-order valence-electron chi connectivity index (χ2n) is 2.68. The Hall–Kier alpha value is -0.640. The number of ether oxygens (including phenoxy) is 2. The topological polar surface area (TPSA) is 35.5 Å². The molecular weight excluding hydrogens is 151 g/mol. The molecule has 0 amide bonds. The molecule has 1 heterocycles. The van der Waals surface area contributed by atoms with Gasteiger partial charge >= 0.3 is 5.97 Å². The zero-order chi connectivity index (χ0) is 8.43. The van der Waals surface area contributed by atoms with Gasteiger partial charge in [0.05, 0.1) is 6.10 Å². The molecule has 3 nitrogen and oxygen atoms in total. The molecule has 64 valence electrons.